The van der Waals surface area contributed by atoms with Crippen LogP contribution in [0.3, 0.4) is 0 Å². The van der Waals surface area contributed by atoms with Crippen LogP contribution in [-0.4, -0.2) is 4.98 Å². The molecule has 0 saturated heterocycles. The lowest BCUT2D eigenvalue weighted by Gasteiger charge is -2.20. The van der Waals surface area contributed by atoms with Gasteiger partial charge in [0.25, 0.3) is 0 Å². The molecule has 0 spiro atoms. The largest absolute Gasteiger partial charge is 0.364 e. The van der Waals surface area contributed by atoms with Crippen molar-refractivity contribution < 1.29 is 4.74 Å². The molecule has 0 N–H and O–H groups in total. The highest BCUT2D eigenvalue weighted by Crippen LogP contribution is 2.35. The van der Waals surface area contributed by atoms with E-state index < -0.39 is 0 Å². The Bertz CT molecular complexity index is 1560. The number of rotatable bonds is 6. The van der Waals surface area contributed by atoms with Gasteiger partial charge in [-0.1, -0.05) is 66.7 Å². The molecule has 0 saturated carbocycles. The number of nitriles is 2. The first-order valence-electron chi connectivity index (χ1n) is 11.3. The lowest BCUT2D eigenvalue weighted by Crippen LogP contribution is -2.08. The molecule has 35 heavy (non-hydrogen) atoms. The molecule has 5 rings (SSSR count). The van der Waals surface area contributed by atoms with Crippen LogP contribution >= 0.6 is 0 Å². The fourth-order valence-electron chi connectivity index (χ4n) is 4.28. The first kappa shape index (κ1) is 22.0. The number of benzene rings is 4. The smallest absolute Gasteiger partial charge is 0.109 e. The van der Waals surface area contributed by atoms with Crippen LogP contribution in [0.15, 0.2) is 109 Å². The van der Waals surface area contributed by atoms with Crippen LogP contribution in [0.4, 0.5) is 0 Å². The maximum atomic E-state index is 9.88. The zero-order valence-corrected chi connectivity index (χ0v) is 18.9. The van der Waals surface area contributed by atoms with Crippen molar-refractivity contribution in [2.75, 3.05) is 0 Å². The van der Waals surface area contributed by atoms with Crippen molar-refractivity contribution in [3.63, 3.8) is 0 Å². The third-order valence-electron chi connectivity index (χ3n) is 6.03. The summed E-state index contributed by atoms with van der Waals surface area (Å²) in [6.45, 7) is 0.370. The Morgan fingerprint density at radius 1 is 0.743 bits per heavy atom. The number of fused-ring (bicyclic) bond motifs is 1. The second kappa shape index (κ2) is 10.0. The van der Waals surface area contributed by atoms with E-state index >= 15 is 0 Å². The fraction of sp³-hybridized carbons (Fsp3) is 0.0645. The molecule has 4 nitrogen and oxygen atoms in total. The lowest BCUT2D eigenvalue weighted by atomic mass is 9.91. The molecule has 1 aromatic heterocycles. The first-order chi connectivity index (χ1) is 17.3. The summed E-state index contributed by atoms with van der Waals surface area (Å²) in [4.78, 5) is 4.30. The zero-order chi connectivity index (χ0) is 24.0. The molecule has 1 atom stereocenters. The molecule has 0 radical (unpaired) electrons. The van der Waals surface area contributed by atoms with Crippen molar-refractivity contribution in [3.8, 4) is 23.3 Å². The minimum Gasteiger partial charge on any atom is -0.364 e. The molecule has 1 unspecified atom stereocenters. The predicted molar refractivity (Wildman–Crippen MR) is 136 cm³/mol. The Balaban J connectivity index is 1.57. The molecule has 0 aliphatic heterocycles. The second-order valence-corrected chi connectivity index (χ2v) is 8.23. The molecule has 0 fully saturated rings. The number of aromatic nitrogens is 1. The molecule has 0 bridgehead atoms. The molecule has 5 aromatic rings. The lowest BCUT2D eigenvalue weighted by molar-refractivity contribution is 0.0665. The van der Waals surface area contributed by atoms with Crippen LogP contribution in [0.1, 0.15) is 33.9 Å². The van der Waals surface area contributed by atoms with Crippen LogP contribution in [0.5, 0.6) is 0 Å². The van der Waals surface area contributed by atoms with E-state index in [-0.39, 0.29) is 6.10 Å². The fourth-order valence-corrected chi connectivity index (χ4v) is 4.28. The minimum atomic E-state index is -0.374. The average molecular weight is 452 g/mol. The Morgan fingerprint density at radius 2 is 1.57 bits per heavy atom. The zero-order valence-electron chi connectivity index (χ0n) is 18.9. The summed E-state index contributed by atoms with van der Waals surface area (Å²) in [6, 6.07) is 36.0. The van der Waals surface area contributed by atoms with E-state index in [1.54, 1.807) is 24.5 Å². The van der Waals surface area contributed by atoms with Gasteiger partial charge in [0.05, 0.1) is 29.9 Å². The van der Waals surface area contributed by atoms with Gasteiger partial charge in [-0.25, -0.2) is 0 Å². The third kappa shape index (κ3) is 4.66. The maximum absolute atomic E-state index is 9.88. The maximum Gasteiger partial charge on any atom is 0.109 e. The number of ether oxygens (including phenoxy) is 1. The standard InChI is InChI=1S/C31H21N3O/c32-18-22-10-12-23(13-11-22)21-35-31(27-7-4-16-34-20-27)25-14-15-26(19-33)30(17-25)29-9-3-6-24-5-1-2-8-28(24)29/h1-17,20,31H,21H2. The van der Waals surface area contributed by atoms with E-state index in [0.29, 0.717) is 17.7 Å². The van der Waals surface area contributed by atoms with Gasteiger partial charge < -0.3 is 4.74 Å². The van der Waals surface area contributed by atoms with Crippen LogP contribution < -0.4 is 0 Å². The van der Waals surface area contributed by atoms with E-state index in [2.05, 4.69) is 47.5 Å². The summed E-state index contributed by atoms with van der Waals surface area (Å²) < 4.78 is 6.42. The van der Waals surface area contributed by atoms with Crippen molar-refractivity contribution in [2.24, 2.45) is 0 Å². The van der Waals surface area contributed by atoms with Gasteiger partial charge in [0.1, 0.15) is 6.10 Å². The van der Waals surface area contributed by atoms with Gasteiger partial charge in [0.15, 0.2) is 0 Å². The van der Waals surface area contributed by atoms with Crippen LogP contribution in [0.2, 0.25) is 0 Å². The molecule has 0 amide bonds. The topological polar surface area (TPSA) is 69.7 Å². The summed E-state index contributed by atoms with van der Waals surface area (Å²) in [5, 5.41) is 21.2. The van der Waals surface area contributed by atoms with Gasteiger partial charge in [-0.3, -0.25) is 4.98 Å². The van der Waals surface area contributed by atoms with Crippen molar-refractivity contribution >= 4 is 10.8 Å². The summed E-state index contributed by atoms with van der Waals surface area (Å²) >= 11 is 0. The van der Waals surface area contributed by atoms with Crippen molar-refractivity contribution in [1.29, 1.82) is 10.5 Å². The highest BCUT2D eigenvalue weighted by Gasteiger charge is 2.18. The number of pyridine rings is 1. The van der Waals surface area contributed by atoms with Crippen LogP contribution in [-0.2, 0) is 11.3 Å². The molecule has 166 valence electrons. The highest BCUT2D eigenvalue weighted by atomic mass is 16.5. The van der Waals surface area contributed by atoms with Gasteiger partial charge in [-0.15, -0.1) is 0 Å². The second-order valence-electron chi connectivity index (χ2n) is 8.23. The molecular weight excluding hydrogens is 430 g/mol. The Labute approximate surface area is 204 Å². The van der Waals surface area contributed by atoms with Gasteiger partial charge in [-0.2, -0.15) is 10.5 Å². The SMILES string of the molecule is N#Cc1ccc(COC(c2cccnc2)c2ccc(C#N)c(-c3cccc4ccccc34)c2)cc1. The molecular formula is C31H21N3O. The quantitative estimate of drug-likeness (QED) is 0.280. The third-order valence-corrected chi connectivity index (χ3v) is 6.03. The summed E-state index contributed by atoms with van der Waals surface area (Å²) in [6.07, 6.45) is 3.17. The minimum absolute atomic E-state index is 0.370. The van der Waals surface area contributed by atoms with Crippen LogP contribution in [0.25, 0.3) is 21.9 Å². The Morgan fingerprint density at radius 3 is 2.34 bits per heavy atom. The summed E-state index contributed by atoms with van der Waals surface area (Å²) in [5.41, 5.74) is 5.95. The van der Waals surface area contributed by atoms with E-state index in [1.165, 1.54) is 0 Å². The van der Waals surface area contributed by atoms with E-state index in [0.717, 1.165) is 38.6 Å². The highest BCUT2D eigenvalue weighted by molar-refractivity contribution is 5.97. The van der Waals surface area contributed by atoms with Crippen molar-refractivity contribution in [3.05, 3.63) is 137 Å². The van der Waals surface area contributed by atoms with Gasteiger partial charge >= 0.3 is 0 Å². The molecule has 0 aliphatic carbocycles. The number of hydrogen-bond donors (Lipinski definition) is 0. The molecule has 1 heterocycles. The Kier molecular flexibility index (Phi) is 6.31. The molecule has 4 heteroatoms. The van der Waals surface area contributed by atoms with E-state index in [9.17, 15) is 5.26 Å². The van der Waals surface area contributed by atoms with Gasteiger partial charge in [0, 0.05) is 23.5 Å². The average Bonchev–Trinajstić information content (AvgIpc) is 2.93. The number of nitrogens with zero attached hydrogens (tertiary/aromatic N) is 3. The summed E-state index contributed by atoms with van der Waals surface area (Å²) in [5.74, 6) is 0. The molecule has 4 aromatic carbocycles. The Hall–Kier alpha value is -4.77. The van der Waals surface area contributed by atoms with Crippen LogP contribution in [0, 0.1) is 22.7 Å². The monoisotopic (exact) mass is 451 g/mol. The first-order valence-corrected chi connectivity index (χ1v) is 11.3. The van der Waals surface area contributed by atoms with Gasteiger partial charge in [-0.05, 0) is 57.8 Å². The van der Waals surface area contributed by atoms with E-state index in [4.69, 9.17) is 10.00 Å². The summed E-state index contributed by atoms with van der Waals surface area (Å²) in [7, 11) is 0. The predicted octanol–water partition coefficient (Wildman–Crippen LogP) is 6.95. The van der Waals surface area contributed by atoms with E-state index in [1.807, 2.05) is 54.6 Å². The number of hydrogen-bond acceptors (Lipinski definition) is 4. The molecule has 0 aliphatic rings. The van der Waals surface area contributed by atoms with Crippen molar-refractivity contribution in [2.45, 2.75) is 12.7 Å². The van der Waals surface area contributed by atoms with Gasteiger partial charge in [0.2, 0.25) is 0 Å². The van der Waals surface area contributed by atoms with Crippen molar-refractivity contribution in [1.82, 2.24) is 4.98 Å². The normalized spacial score (nSPS) is 11.5.